The summed E-state index contributed by atoms with van der Waals surface area (Å²) >= 11 is 0. The topological polar surface area (TPSA) is 43.8 Å². The average molecular weight is 241 g/mol. The van der Waals surface area contributed by atoms with Crippen LogP contribution in [0.5, 0.6) is 0 Å². The number of nitrogen functional groups attached to an aromatic ring is 1. The predicted octanol–water partition coefficient (Wildman–Crippen LogP) is 2.24. The summed E-state index contributed by atoms with van der Waals surface area (Å²) < 4.78 is 40.3. The first-order valence-electron chi connectivity index (χ1n) is 4.90. The van der Waals surface area contributed by atoms with Crippen molar-refractivity contribution in [2.45, 2.75) is 13.5 Å². The Labute approximate surface area is 95.7 Å². The van der Waals surface area contributed by atoms with E-state index in [-0.39, 0.29) is 18.1 Å². The lowest BCUT2D eigenvalue weighted by Gasteiger charge is -2.08. The minimum absolute atomic E-state index is 0.145. The van der Waals surface area contributed by atoms with Crippen molar-refractivity contribution in [3.63, 3.8) is 0 Å². The number of benzene rings is 1. The molecule has 2 aromatic rings. The van der Waals surface area contributed by atoms with Crippen molar-refractivity contribution in [3.05, 3.63) is 47.0 Å². The van der Waals surface area contributed by atoms with Crippen LogP contribution >= 0.6 is 0 Å². The molecule has 0 bridgehead atoms. The second-order valence-corrected chi connectivity index (χ2v) is 3.72. The summed E-state index contributed by atoms with van der Waals surface area (Å²) in [7, 11) is 0. The van der Waals surface area contributed by atoms with E-state index in [1.165, 1.54) is 0 Å². The van der Waals surface area contributed by atoms with E-state index >= 15 is 0 Å². The summed E-state index contributed by atoms with van der Waals surface area (Å²) in [5, 5.41) is 0. The van der Waals surface area contributed by atoms with Crippen LogP contribution < -0.4 is 5.73 Å². The maximum absolute atomic E-state index is 13.0. The van der Waals surface area contributed by atoms with Crippen LogP contribution in [0.25, 0.3) is 0 Å². The first-order valence-corrected chi connectivity index (χ1v) is 4.90. The number of anilines is 1. The van der Waals surface area contributed by atoms with Gasteiger partial charge in [-0.25, -0.2) is 18.2 Å². The van der Waals surface area contributed by atoms with E-state index in [4.69, 9.17) is 5.73 Å². The van der Waals surface area contributed by atoms with Gasteiger partial charge in [-0.15, -0.1) is 0 Å². The molecule has 0 unspecified atom stereocenters. The predicted molar refractivity (Wildman–Crippen MR) is 56.8 cm³/mol. The molecule has 2 N–H and O–H groups in total. The minimum atomic E-state index is -1.47. The zero-order valence-corrected chi connectivity index (χ0v) is 9.04. The summed E-state index contributed by atoms with van der Waals surface area (Å²) in [6, 6.07) is 1.88. The summed E-state index contributed by atoms with van der Waals surface area (Å²) in [5.41, 5.74) is 6.63. The van der Waals surface area contributed by atoms with Crippen LogP contribution in [0, 0.1) is 24.4 Å². The highest BCUT2D eigenvalue weighted by Gasteiger charge is 2.12. The lowest BCUT2D eigenvalue weighted by atomic mass is 10.2. The molecule has 0 saturated carbocycles. The third-order valence-corrected chi connectivity index (χ3v) is 2.47. The molecule has 1 heterocycles. The van der Waals surface area contributed by atoms with Crippen molar-refractivity contribution in [1.29, 1.82) is 0 Å². The van der Waals surface area contributed by atoms with Crippen molar-refractivity contribution in [2.75, 3.05) is 5.73 Å². The Morgan fingerprint density at radius 2 is 1.82 bits per heavy atom. The van der Waals surface area contributed by atoms with Crippen molar-refractivity contribution in [2.24, 2.45) is 0 Å². The van der Waals surface area contributed by atoms with Crippen LogP contribution in [-0.4, -0.2) is 9.55 Å². The molecule has 0 saturated heterocycles. The molecule has 0 aliphatic heterocycles. The average Bonchev–Trinajstić information content (AvgIpc) is 2.57. The van der Waals surface area contributed by atoms with Gasteiger partial charge in [-0.05, 0) is 24.6 Å². The van der Waals surface area contributed by atoms with Crippen LogP contribution in [0.3, 0.4) is 0 Å². The molecule has 1 aromatic heterocycles. The number of hydrogen-bond donors (Lipinski definition) is 1. The minimum Gasteiger partial charge on any atom is -0.369 e. The fourth-order valence-corrected chi connectivity index (χ4v) is 1.57. The van der Waals surface area contributed by atoms with Gasteiger partial charge in [-0.2, -0.15) is 0 Å². The number of hydrogen-bond acceptors (Lipinski definition) is 2. The molecule has 0 amide bonds. The molecule has 2 rings (SSSR count). The zero-order valence-electron chi connectivity index (χ0n) is 9.04. The number of nitrogens with two attached hydrogens (primary N) is 1. The highest BCUT2D eigenvalue weighted by atomic mass is 19.2. The Hall–Kier alpha value is -1.98. The Morgan fingerprint density at radius 3 is 2.29 bits per heavy atom. The van der Waals surface area contributed by atoms with Crippen LogP contribution in [0.2, 0.25) is 0 Å². The Morgan fingerprint density at radius 1 is 1.24 bits per heavy atom. The van der Waals surface area contributed by atoms with Gasteiger partial charge in [0.2, 0.25) is 5.95 Å². The Balaban J connectivity index is 2.37. The van der Waals surface area contributed by atoms with E-state index < -0.39 is 17.5 Å². The molecule has 1 aromatic carbocycles. The van der Waals surface area contributed by atoms with Gasteiger partial charge >= 0.3 is 0 Å². The third-order valence-electron chi connectivity index (χ3n) is 2.47. The van der Waals surface area contributed by atoms with Crippen LogP contribution in [0.1, 0.15) is 11.3 Å². The highest BCUT2D eigenvalue weighted by Crippen LogP contribution is 2.16. The lowest BCUT2D eigenvalue weighted by Crippen LogP contribution is -2.07. The standard InChI is InChI=1S/C11H10F3N3/c1-6-4-16-11(15)17(6)5-7-2-8(12)10(14)9(13)3-7/h2-4H,5H2,1H3,(H2,15,16). The fourth-order valence-electron chi connectivity index (χ4n) is 1.57. The molecule has 3 nitrogen and oxygen atoms in total. The highest BCUT2D eigenvalue weighted by molar-refractivity contribution is 5.26. The largest absolute Gasteiger partial charge is 0.369 e. The molecular formula is C11H10F3N3. The van der Waals surface area contributed by atoms with Crippen molar-refractivity contribution in [3.8, 4) is 0 Å². The molecule has 0 atom stereocenters. The van der Waals surface area contributed by atoms with Gasteiger partial charge in [0, 0.05) is 5.69 Å². The van der Waals surface area contributed by atoms with Crippen molar-refractivity contribution < 1.29 is 13.2 Å². The first-order chi connectivity index (χ1) is 7.99. The van der Waals surface area contributed by atoms with Gasteiger partial charge in [-0.3, -0.25) is 0 Å². The summed E-state index contributed by atoms with van der Waals surface area (Å²) in [5.74, 6) is -3.65. The van der Waals surface area contributed by atoms with Gasteiger partial charge in [0.15, 0.2) is 17.5 Å². The summed E-state index contributed by atoms with van der Waals surface area (Å²) in [6.07, 6.45) is 1.55. The number of nitrogens with zero attached hydrogens (tertiary/aromatic N) is 2. The van der Waals surface area contributed by atoms with Crippen LogP contribution in [0.4, 0.5) is 19.1 Å². The fraction of sp³-hybridized carbons (Fsp3) is 0.182. The maximum atomic E-state index is 13.0. The number of aryl methyl sites for hydroxylation is 1. The van der Waals surface area contributed by atoms with Gasteiger partial charge < -0.3 is 10.3 Å². The molecule has 90 valence electrons. The van der Waals surface area contributed by atoms with Crippen molar-refractivity contribution in [1.82, 2.24) is 9.55 Å². The van der Waals surface area contributed by atoms with E-state index in [1.807, 2.05) is 0 Å². The lowest BCUT2D eigenvalue weighted by molar-refractivity contribution is 0.444. The van der Waals surface area contributed by atoms with E-state index in [0.717, 1.165) is 17.8 Å². The zero-order chi connectivity index (χ0) is 12.6. The van der Waals surface area contributed by atoms with E-state index in [9.17, 15) is 13.2 Å². The molecule has 0 fully saturated rings. The van der Waals surface area contributed by atoms with Gasteiger partial charge in [0.25, 0.3) is 0 Å². The summed E-state index contributed by atoms with van der Waals surface area (Å²) in [4.78, 5) is 3.85. The van der Waals surface area contributed by atoms with Crippen LogP contribution in [0.15, 0.2) is 18.3 Å². The third kappa shape index (κ3) is 2.11. The normalized spacial score (nSPS) is 10.8. The van der Waals surface area contributed by atoms with Gasteiger partial charge in [0.05, 0.1) is 12.7 Å². The van der Waals surface area contributed by atoms with E-state index in [1.54, 1.807) is 17.7 Å². The molecule has 17 heavy (non-hydrogen) atoms. The molecule has 6 heteroatoms. The van der Waals surface area contributed by atoms with Gasteiger partial charge in [-0.1, -0.05) is 0 Å². The quantitative estimate of drug-likeness (QED) is 0.819. The van der Waals surface area contributed by atoms with E-state index in [0.29, 0.717) is 0 Å². The maximum Gasteiger partial charge on any atom is 0.200 e. The molecule has 0 aliphatic rings. The number of rotatable bonds is 2. The Bertz CT molecular complexity index is 521. The number of imidazole rings is 1. The SMILES string of the molecule is Cc1cnc(N)n1Cc1cc(F)c(F)c(F)c1. The van der Waals surface area contributed by atoms with Gasteiger partial charge in [0.1, 0.15) is 0 Å². The second-order valence-electron chi connectivity index (χ2n) is 3.72. The molecular weight excluding hydrogens is 231 g/mol. The van der Waals surface area contributed by atoms with E-state index in [2.05, 4.69) is 4.98 Å². The number of halogens is 3. The molecule has 0 radical (unpaired) electrons. The smallest absolute Gasteiger partial charge is 0.200 e. The van der Waals surface area contributed by atoms with Crippen molar-refractivity contribution >= 4 is 5.95 Å². The number of aromatic nitrogens is 2. The van der Waals surface area contributed by atoms with Crippen LogP contribution in [-0.2, 0) is 6.54 Å². The first kappa shape index (κ1) is 11.5. The molecule has 0 aliphatic carbocycles. The molecule has 0 spiro atoms. The second kappa shape index (κ2) is 4.12. The summed E-state index contributed by atoms with van der Waals surface area (Å²) in [6.45, 7) is 1.91. The monoisotopic (exact) mass is 241 g/mol. The Kier molecular flexibility index (Phi) is 2.79.